The molecule has 0 aliphatic rings. The average molecular weight is 621 g/mol. The molecule has 5 aromatic carbocycles. The number of phenolic OH excluding ortho intramolecular Hbond substituents is 1. The zero-order valence-corrected chi connectivity index (χ0v) is 24.0. The number of nitrogens with zero attached hydrogens (tertiary/aromatic N) is 2. The summed E-state index contributed by atoms with van der Waals surface area (Å²) in [5, 5.41) is 22.8. The molecule has 0 radical (unpaired) electrons. The highest BCUT2D eigenvalue weighted by atomic mass is 32.2. The zero-order chi connectivity index (χ0) is 31.1. The molecule has 0 unspecified atom stereocenters. The Balaban J connectivity index is 1.70. The monoisotopic (exact) mass is 620 g/mol. The number of hydrogen-bond donors (Lipinski definition) is 5. The molecule has 0 heterocycles. The van der Waals surface area contributed by atoms with Gasteiger partial charge in [0.1, 0.15) is 16.3 Å². The van der Waals surface area contributed by atoms with Crippen molar-refractivity contribution in [3.05, 3.63) is 95.6 Å². The minimum Gasteiger partial charge on any atom is -0.505 e. The molecular weight excluding hydrogens is 596 g/mol. The molecule has 0 spiro atoms. The van der Waals surface area contributed by atoms with Crippen LogP contribution in [0.3, 0.4) is 0 Å². The summed E-state index contributed by atoms with van der Waals surface area (Å²) in [4.78, 5) is 11.9. The largest absolute Gasteiger partial charge is 0.505 e. The normalized spacial score (nSPS) is 12.3. The van der Waals surface area contributed by atoms with E-state index in [1.807, 2.05) is 0 Å². The molecule has 0 bridgehead atoms. The number of aryl methyl sites for hydroxylation is 1. The summed E-state index contributed by atoms with van der Waals surface area (Å²) in [5.41, 5.74) is 6.46. The van der Waals surface area contributed by atoms with Crippen LogP contribution in [0.5, 0.6) is 5.75 Å². The van der Waals surface area contributed by atoms with Crippen LogP contribution in [0, 0.1) is 6.92 Å². The van der Waals surface area contributed by atoms with Crippen LogP contribution in [0.2, 0.25) is 0 Å². The Morgan fingerprint density at radius 2 is 1.58 bits per heavy atom. The third-order valence-electron chi connectivity index (χ3n) is 6.75. The van der Waals surface area contributed by atoms with E-state index in [1.54, 1.807) is 36.4 Å². The third-order valence-corrected chi connectivity index (χ3v) is 8.52. The van der Waals surface area contributed by atoms with Crippen LogP contribution in [-0.2, 0) is 26.8 Å². The topological polar surface area (TPSA) is 209 Å². The summed E-state index contributed by atoms with van der Waals surface area (Å²) in [6.07, 6.45) is 0. The standard InChI is InChI=1S/C29H24N4O8S2/c1-16-12-19-13-20(42(36,37)38)14-24(31-29(35)17-6-3-2-4-7-17)25(19)27(34)26(16)33-32-23-11-10-21-18(15-30)8-5-9-22(21)28(23)43(39,40)41/h2-14,34H,15,30H2,1H3,(H,31,35)(H,36,37,38)(H,39,40,41). The number of benzene rings is 5. The van der Waals surface area contributed by atoms with Gasteiger partial charge < -0.3 is 16.2 Å². The van der Waals surface area contributed by atoms with E-state index in [-0.39, 0.29) is 45.3 Å². The highest BCUT2D eigenvalue weighted by molar-refractivity contribution is 7.86. The van der Waals surface area contributed by atoms with E-state index in [0.717, 1.165) is 12.1 Å². The Bertz CT molecular complexity index is 2180. The van der Waals surface area contributed by atoms with E-state index in [9.17, 15) is 35.8 Å². The Morgan fingerprint density at radius 1 is 0.860 bits per heavy atom. The van der Waals surface area contributed by atoms with Gasteiger partial charge in [0.05, 0.1) is 10.6 Å². The number of rotatable bonds is 7. The minimum absolute atomic E-state index is 0.0164. The second-order valence-corrected chi connectivity index (χ2v) is 12.3. The molecule has 0 aliphatic carbocycles. The Hall–Kier alpha value is -4.73. The van der Waals surface area contributed by atoms with Crippen molar-refractivity contribution in [3.63, 3.8) is 0 Å². The first-order valence-corrected chi connectivity index (χ1v) is 15.5. The molecule has 12 nitrogen and oxygen atoms in total. The molecule has 220 valence electrons. The molecular formula is C29H24N4O8S2. The maximum absolute atomic E-state index is 12.9. The number of nitrogens with two attached hydrogens (primary N) is 1. The molecule has 0 aromatic heterocycles. The maximum atomic E-state index is 12.9. The predicted molar refractivity (Wildman–Crippen MR) is 160 cm³/mol. The van der Waals surface area contributed by atoms with Crippen molar-refractivity contribution in [2.24, 2.45) is 16.0 Å². The number of azo groups is 1. The van der Waals surface area contributed by atoms with Crippen LogP contribution in [0.15, 0.2) is 98.9 Å². The lowest BCUT2D eigenvalue weighted by atomic mass is 10.0. The number of nitrogens with one attached hydrogen (secondary N) is 1. The van der Waals surface area contributed by atoms with Gasteiger partial charge in [-0.2, -0.15) is 16.8 Å². The first-order chi connectivity index (χ1) is 20.3. The van der Waals surface area contributed by atoms with Crippen molar-refractivity contribution in [3.8, 4) is 5.75 Å². The SMILES string of the molecule is Cc1cc2cc(S(=O)(=O)O)cc(NC(=O)c3ccccc3)c2c(O)c1N=Nc1ccc2c(CN)cccc2c1S(=O)(=O)O. The molecule has 0 saturated heterocycles. The predicted octanol–water partition coefficient (Wildman–Crippen LogP) is 5.63. The average Bonchev–Trinajstić information content (AvgIpc) is 2.95. The minimum atomic E-state index is -4.79. The van der Waals surface area contributed by atoms with E-state index in [0.29, 0.717) is 16.5 Å². The molecule has 1 amide bonds. The Kier molecular flexibility index (Phi) is 7.72. The lowest BCUT2D eigenvalue weighted by Gasteiger charge is -2.15. The number of fused-ring (bicyclic) bond motifs is 2. The summed E-state index contributed by atoms with van der Waals surface area (Å²) < 4.78 is 68.6. The second kappa shape index (κ2) is 11.2. The molecule has 0 saturated carbocycles. The van der Waals surface area contributed by atoms with Gasteiger partial charge in [0.15, 0.2) is 5.75 Å². The molecule has 0 atom stereocenters. The molecule has 5 aromatic rings. The fraction of sp³-hybridized carbons (Fsp3) is 0.0690. The van der Waals surface area contributed by atoms with Crippen molar-refractivity contribution in [2.45, 2.75) is 23.3 Å². The number of anilines is 1. The van der Waals surface area contributed by atoms with Gasteiger partial charge in [0.25, 0.3) is 26.1 Å². The van der Waals surface area contributed by atoms with Crippen molar-refractivity contribution in [2.75, 3.05) is 5.32 Å². The van der Waals surface area contributed by atoms with E-state index >= 15 is 0 Å². The number of aromatic hydroxyl groups is 1. The van der Waals surface area contributed by atoms with Crippen LogP contribution in [0.1, 0.15) is 21.5 Å². The van der Waals surface area contributed by atoms with Crippen molar-refractivity contribution < 1.29 is 35.8 Å². The third kappa shape index (κ3) is 5.82. The van der Waals surface area contributed by atoms with Crippen LogP contribution in [0.4, 0.5) is 17.1 Å². The highest BCUT2D eigenvalue weighted by Crippen LogP contribution is 2.44. The van der Waals surface area contributed by atoms with E-state index < -0.39 is 41.7 Å². The van der Waals surface area contributed by atoms with E-state index in [1.165, 1.54) is 37.3 Å². The summed E-state index contributed by atoms with van der Waals surface area (Å²) in [6.45, 7) is 1.66. The number of carbonyl (C=O) groups is 1. The van der Waals surface area contributed by atoms with E-state index in [2.05, 4.69) is 15.5 Å². The zero-order valence-electron chi connectivity index (χ0n) is 22.4. The second-order valence-electron chi connectivity index (χ2n) is 9.56. The summed E-state index contributed by atoms with van der Waals surface area (Å²) in [6, 6.07) is 19.3. The van der Waals surface area contributed by atoms with Crippen LogP contribution in [0.25, 0.3) is 21.5 Å². The van der Waals surface area contributed by atoms with Crippen LogP contribution in [-0.4, -0.2) is 37.0 Å². The Morgan fingerprint density at radius 3 is 2.23 bits per heavy atom. The van der Waals surface area contributed by atoms with Gasteiger partial charge >= 0.3 is 0 Å². The van der Waals surface area contributed by atoms with Crippen LogP contribution >= 0.6 is 0 Å². The highest BCUT2D eigenvalue weighted by Gasteiger charge is 2.23. The van der Waals surface area contributed by atoms with Crippen molar-refractivity contribution in [1.82, 2.24) is 0 Å². The first-order valence-electron chi connectivity index (χ1n) is 12.6. The fourth-order valence-electron chi connectivity index (χ4n) is 4.80. The number of phenols is 1. The molecule has 5 rings (SSSR count). The van der Waals surface area contributed by atoms with Crippen LogP contribution < -0.4 is 11.1 Å². The number of hydrogen-bond acceptors (Lipinski definition) is 9. The number of amides is 1. The fourth-order valence-corrected chi connectivity index (χ4v) is 6.17. The van der Waals surface area contributed by atoms with Gasteiger partial charge in [-0.05, 0) is 65.2 Å². The van der Waals surface area contributed by atoms with Gasteiger partial charge in [0, 0.05) is 22.9 Å². The van der Waals surface area contributed by atoms with E-state index in [4.69, 9.17) is 5.73 Å². The smallest absolute Gasteiger partial charge is 0.297 e. The van der Waals surface area contributed by atoms with Gasteiger partial charge in [-0.1, -0.05) is 42.5 Å². The summed E-state index contributed by atoms with van der Waals surface area (Å²) in [5.74, 6) is -1.13. The maximum Gasteiger partial charge on any atom is 0.297 e. The molecule has 14 heteroatoms. The van der Waals surface area contributed by atoms with Gasteiger partial charge in [-0.3, -0.25) is 13.9 Å². The lowest BCUT2D eigenvalue weighted by Crippen LogP contribution is -2.13. The molecule has 43 heavy (non-hydrogen) atoms. The summed E-state index contributed by atoms with van der Waals surface area (Å²) >= 11 is 0. The first kappa shape index (κ1) is 29.8. The molecule has 0 aliphatic heterocycles. The molecule has 6 N–H and O–H groups in total. The summed E-state index contributed by atoms with van der Waals surface area (Å²) in [7, 11) is -9.50. The Labute approximate surface area is 246 Å². The molecule has 0 fully saturated rings. The number of carbonyl (C=O) groups excluding carboxylic acids is 1. The van der Waals surface area contributed by atoms with Crippen molar-refractivity contribution >= 4 is 64.8 Å². The van der Waals surface area contributed by atoms with Crippen molar-refractivity contribution in [1.29, 1.82) is 0 Å². The quantitative estimate of drug-likeness (QED) is 0.113. The lowest BCUT2D eigenvalue weighted by molar-refractivity contribution is 0.102. The van der Waals surface area contributed by atoms with Gasteiger partial charge in [0.2, 0.25) is 0 Å². The van der Waals surface area contributed by atoms with Gasteiger partial charge in [-0.15, -0.1) is 10.2 Å². The van der Waals surface area contributed by atoms with Gasteiger partial charge in [-0.25, -0.2) is 0 Å².